The maximum Gasteiger partial charge on any atom is 0.317 e. The number of aliphatic carboxylic acids is 1. The molecule has 2 N–H and O–H groups in total. The van der Waals surface area contributed by atoms with E-state index in [0.717, 1.165) is 5.75 Å². The Hall–Kier alpha value is -1.17. The minimum absolute atomic E-state index is 0.00844. The van der Waals surface area contributed by atoms with E-state index in [1.54, 1.807) is 22.7 Å². The van der Waals surface area contributed by atoms with Crippen LogP contribution in [-0.4, -0.2) is 52.6 Å². The van der Waals surface area contributed by atoms with Crippen LogP contribution in [0, 0.1) is 0 Å². The second-order valence-electron chi connectivity index (χ2n) is 3.49. The summed E-state index contributed by atoms with van der Waals surface area (Å²) in [7, 11) is 0. The van der Waals surface area contributed by atoms with Gasteiger partial charge in [0.05, 0.1) is 12.5 Å². The number of thioether (sulfide) groups is 1. The molecule has 90 valence electrons. The van der Waals surface area contributed by atoms with Crippen molar-refractivity contribution in [2.45, 2.75) is 12.5 Å². The molecule has 0 radical (unpaired) electrons. The van der Waals surface area contributed by atoms with Crippen molar-refractivity contribution in [2.75, 3.05) is 24.6 Å². The van der Waals surface area contributed by atoms with Gasteiger partial charge in [-0.1, -0.05) is 6.08 Å². The van der Waals surface area contributed by atoms with E-state index in [9.17, 15) is 9.59 Å². The van der Waals surface area contributed by atoms with Crippen LogP contribution in [0.25, 0.3) is 0 Å². The number of rotatable bonds is 4. The molecule has 1 aliphatic rings. The topological polar surface area (TPSA) is 69.6 Å². The third-order valence-corrected chi connectivity index (χ3v) is 3.39. The summed E-state index contributed by atoms with van der Waals surface area (Å²) in [5, 5.41) is 11.4. The van der Waals surface area contributed by atoms with Gasteiger partial charge >= 0.3 is 12.0 Å². The average Bonchev–Trinajstić information content (AvgIpc) is 2.26. The van der Waals surface area contributed by atoms with Gasteiger partial charge in [-0.2, -0.15) is 11.8 Å². The minimum atomic E-state index is -0.867. The molecule has 6 heteroatoms. The van der Waals surface area contributed by atoms with E-state index < -0.39 is 5.97 Å². The molecule has 0 spiro atoms. The first-order chi connectivity index (χ1) is 7.65. The summed E-state index contributed by atoms with van der Waals surface area (Å²) in [6.45, 7) is 4.52. The van der Waals surface area contributed by atoms with Gasteiger partial charge in [0.15, 0.2) is 0 Å². The first-order valence-corrected chi connectivity index (χ1v) is 6.25. The zero-order valence-electron chi connectivity index (χ0n) is 9.02. The summed E-state index contributed by atoms with van der Waals surface area (Å²) in [6.07, 6.45) is 1.61. The lowest BCUT2D eigenvalue weighted by atomic mass is 10.2. The average molecular weight is 244 g/mol. The highest BCUT2D eigenvalue weighted by molar-refractivity contribution is 7.99. The summed E-state index contributed by atoms with van der Waals surface area (Å²) >= 11 is 1.68. The van der Waals surface area contributed by atoms with Crippen molar-refractivity contribution in [3.8, 4) is 0 Å². The van der Waals surface area contributed by atoms with Crippen LogP contribution in [0.4, 0.5) is 4.79 Å². The summed E-state index contributed by atoms with van der Waals surface area (Å²) in [4.78, 5) is 24.0. The number of nitrogens with zero attached hydrogens (tertiary/aromatic N) is 1. The molecule has 1 unspecified atom stereocenters. The molecule has 1 rings (SSSR count). The van der Waals surface area contributed by atoms with Crippen molar-refractivity contribution in [1.82, 2.24) is 10.2 Å². The Morgan fingerprint density at radius 3 is 3.00 bits per heavy atom. The molecule has 0 aromatic carbocycles. The lowest BCUT2D eigenvalue weighted by Crippen LogP contribution is -2.51. The molecule has 1 saturated heterocycles. The van der Waals surface area contributed by atoms with E-state index in [4.69, 9.17) is 5.11 Å². The van der Waals surface area contributed by atoms with Gasteiger partial charge in [-0.25, -0.2) is 4.79 Å². The van der Waals surface area contributed by atoms with Gasteiger partial charge in [-0.3, -0.25) is 4.79 Å². The van der Waals surface area contributed by atoms with Crippen LogP contribution >= 0.6 is 11.8 Å². The summed E-state index contributed by atoms with van der Waals surface area (Å²) in [6, 6.07) is -0.410. The highest BCUT2D eigenvalue weighted by atomic mass is 32.2. The van der Waals surface area contributed by atoms with Crippen LogP contribution in [0.15, 0.2) is 12.7 Å². The van der Waals surface area contributed by atoms with Crippen LogP contribution in [0.3, 0.4) is 0 Å². The van der Waals surface area contributed by atoms with E-state index in [0.29, 0.717) is 18.8 Å². The molecular formula is C10H16N2O3S. The van der Waals surface area contributed by atoms with Crippen molar-refractivity contribution in [3.05, 3.63) is 12.7 Å². The second kappa shape index (κ2) is 6.42. The highest BCUT2D eigenvalue weighted by Gasteiger charge is 2.28. The quantitative estimate of drug-likeness (QED) is 0.717. The Balaban J connectivity index is 2.54. The van der Waals surface area contributed by atoms with E-state index in [-0.39, 0.29) is 18.5 Å². The number of nitrogens with one attached hydrogen (secondary N) is 1. The molecule has 0 saturated carbocycles. The Morgan fingerprint density at radius 2 is 2.38 bits per heavy atom. The van der Waals surface area contributed by atoms with E-state index in [1.807, 2.05) is 0 Å². The summed E-state index contributed by atoms with van der Waals surface area (Å²) in [5.74, 6) is 0.680. The molecule has 0 aliphatic carbocycles. The summed E-state index contributed by atoms with van der Waals surface area (Å²) < 4.78 is 0. The van der Waals surface area contributed by atoms with Crippen molar-refractivity contribution in [2.24, 2.45) is 0 Å². The molecule has 1 atom stereocenters. The Bertz CT molecular complexity index is 283. The van der Waals surface area contributed by atoms with Crippen molar-refractivity contribution in [3.63, 3.8) is 0 Å². The molecule has 1 heterocycles. The molecule has 16 heavy (non-hydrogen) atoms. The zero-order chi connectivity index (χ0) is 12.0. The third kappa shape index (κ3) is 3.77. The molecule has 0 bridgehead atoms. The van der Waals surface area contributed by atoms with Gasteiger partial charge in [-0.15, -0.1) is 6.58 Å². The Labute approximate surface area is 98.9 Å². The molecule has 1 aliphatic heterocycles. The SMILES string of the molecule is C=CCNC(=O)N1CCSCC1CC(=O)O. The lowest BCUT2D eigenvalue weighted by Gasteiger charge is -2.34. The molecular weight excluding hydrogens is 228 g/mol. The number of urea groups is 1. The van der Waals surface area contributed by atoms with Crippen LogP contribution in [-0.2, 0) is 4.79 Å². The second-order valence-corrected chi connectivity index (χ2v) is 4.64. The van der Waals surface area contributed by atoms with Gasteiger partial charge in [0.25, 0.3) is 0 Å². The van der Waals surface area contributed by atoms with Crippen LogP contribution in [0.5, 0.6) is 0 Å². The maximum absolute atomic E-state index is 11.7. The Kier molecular flexibility index (Phi) is 5.18. The largest absolute Gasteiger partial charge is 0.481 e. The fourth-order valence-corrected chi connectivity index (χ4v) is 2.62. The molecule has 5 nitrogen and oxygen atoms in total. The van der Waals surface area contributed by atoms with Crippen LogP contribution in [0.2, 0.25) is 0 Å². The van der Waals surface area contributed by atoms with Gasteiger partial charge in [0.1, 0.15) is 0 Å². The number of carboxylic acids is 1. The van der Waals surface area contributed by atoms with Crippen LogP contribution < -0.4 is 5.32 Å². The first kappa shape index (κ1) is 12.9. The predicted octanol–water partition coefficient (Wildman–Crippen LogP) is 0.774. The molecule has 1 fully saturated rings. The number of carboxylic acid groups (broad SMARTS) is 1. The number of hydrogen-bond donors (Lipinski definition) is 2. The van der Waals surface area contributed by atoms with Gasteiger partial charge in [-0.05, 0) is 0 Å². The highest BCUT2D eigenvalue weighted by Crippen LogP contribution is 2.18. The summed E-state index contributed by atoms with van der Waals surface area (Å²) in [5.41, 5.74) is 0. The van der Waals surface area contributed by atoms with E-state index in [2.05, 4.69) is 11.9 Å². The van der Waals surface area contributed by atoms with Crippen molar-refractivity contribution in [1.29, 1.82) is 0 Å². The minimum Gasteiger partial charge on any atom is -0.481 e. The predicted molar refractivity (Wildman–Crippen MR) is 63.7 cm³/mol. The zero-order valence-corrected chi connectivity index (χ0v) is 9.83. The molecule has 0 aromatic rings. The number of carbonyl (C=O) groups is 2. The fourth-order valence-electron chi connectivity index (χ4n) is 1.55. The maximum atomic E-state index is 11.7. The molecule has 0 aromatic heterocycles. The lowest BCUT2D eigenvalue weighted by molar-refractivity contribution is -0.137. The van der Waals surface area contributed by atoms with Gasteiger partial charge in [0.2, 0.25) is 0 Å². The first-order valence-electron chi connectivity index (χ1n) is 5.10. The monoisotopic (exact) mass is 244 g/mol. The third-order valence-electron chi connectivity index (χ3n) is 2.30. The fraction of sp³-hybridized carbons (Fsp3) is 0.600. The Morgan fingerprint density at radius 1 is 1.62 bits per heavy atom. The van der Waals surface area contributed by atoms with E-state index >= 15 is 0 Å². The smallest absolute Gasteiger partial charge is 0.317 e. The number of carbonyl (C=O) groups excluding carboxylic acids is 1. The van der Waals surface area contributed by atoms with Crippen molar-refractivity contribution < 1.29 is 14.7 Å². The standard InChI is InChI=1S/C10H16N2O3S/c1-2-3-11-10(15)12-4-5-16-7-8(12)6-9(13)14/h2,8H,1,3-7H2,(H,11,15)(H,13,14). The molecule has 2 amide bonds. The number of amides is 2. The van der Waals surface area contributed by atoms with E-state index in [1.165, 1.54) is 0 Å². The van der Waals surface area contributed by atoms with Gasteiger partial charge < -0.3 is 15.3 Å². The van der Waals surface area contributed by atoms with Gasteiger partial charge in [0, 0.05) is 24.6 Å². The number of hydrogen-bond acceptors (Lipinski definition) is 3. The van der Waals surface area contributed by atoms with Crippen molar-refractivity contribution >= 4 is 23.8 Å². The normalized spacial score (nSPS) is 20.2. The van der Waals surface area contributed by atoms with Crippen LogP contribution in [0.1, 0.15) is 6.42 Å².